The second kappa shape index (κ2) is 22.9. The molecule has 0 saturated carbocycles. The number of hydrogen-bond acceptors (Lipinski definition) is 10. The molecule has 2 heterocycles. The molecular weight excluding hydrogens is 764 g/mol. The van der Waals surface area contributed by atoms with Gasteiger partial charge in [0.15, 0.2) is 6.10 Å². The number of nitrogens with zero attached hydrogens (tertiary/aromatic N) is 2. The fraction of sp³-hybridized carbons (Fsp3) is 0.674. The Morgan fingerprint density at radius 2 is 1.83 bits per heavy atom. The van der Waals surface area contributed by atoms with Gasteiger partial charge < -0.3 is 31.1 Å². The van der Waals surface area contributed by atoms with E-state index in [-0.39, 0.29) is 60.6 Å². The minimum Gasteiger partial charge on any atom is -0.481 e. The molecular formula is C43H67FN6O7S. The molecule has 0 bridgehead atoms. The van der Waals surface area contributed by atoms with E-state index in [4.69, 9.17) is 10.5 Å². The quantitative estimate of drug-likeness (QED) is 0.0325. The van der Waals surface area contributed by atoms with Crippen molar-refractivity contribution in [2.24, 2.45) is 29.1 Å². The van der Waals surface area contributed by atoms with Crippen molar-refractivity contribution in [3.8, 4) is 0 Å². The molecule has 3 rings (SSSR count). The molecule has 6 atom stereocenters. The predicted molar refractivity (Wildman–Crippen MR) is 225 cm³/mol. The third kappa shape index (κ3) is 14.3. The number of carbonyl (C=O) groups excluding carboxylic acids is 4. The number of carboxylic acid groups (broad SMARTS) is 1. The standard InChI is InChI=1S/C43H67FN6O7S/c1-9-11-12-15-20-50(41(54)37(27(5)10-2)39(53)47-35-16-13-14-19-46-35)33(26(3)4)23-34(57-28(6)51)40-49-36(25-58-40)48-38(52)30(24-43(7,8)42(55)56)21-29-17-18-32(45)31(44)22-29/h17-18,22,25-27,30,33-35,37,46H,9-16,19-21,23-24,45H2,1-8H3,(H,47,53)(H,48,52)(H,55,56)/t27-,30-,33+,34+,35+,37-/m0/s1. The summed E-state index contributed by atoms with van der Waals surface area (Å²) in [5.41, 5.74) is 4.83. The average molecular weight is 831 g/mol. The van der Waals surface area contributed by atoms with Crippen LogP contribution in [0.15, 0.2) is 23.6 Å². The first-order valence-electron chi connectivity index (χ1n) is 20.9. The Hall–Kier alpha value is -4.11. The van der Waals surface area contributed by atoms with Crippen LogP contribution in [0.1, 0.15) is 136 Å². The summed E-state index contributed by atoms with van der Waals surface area (Å²) >= 11 is 1.18. The summed E-state index contributed by atoms with van der Waals surface area (Å²) in [4.78, 5) is 73.7. The van der Waals surface area contributed by atoms with Crippen LogP contribution < -0.4 is 21.7 Å². The SMILES string of the molecule is CCCCCCN(C(=O)[C@H](C(=O)N[C@@H]1CCCCN1)[C@@H](C)CC)[C@H](C[C@@H](OC(C)=O)c1nc(NC(=O)[C@@H](Cc2ccc(N)c(F)c2)CC(C)(C)C(=O)O)cs1)C(C)C. The van der Waals surface area contributed by atoms with Crippen LogP contribution in [-0.2, 0) is 35.1 Å². The zero-order valence-corrected chi connectivity index (χ0v) is 36.5. The van der Waals surface area contributed by atoms with Crippen LogP contribution in [0.4, 0.5) is 15.9 Å². The third-order valence-corrected chi connectivity index (χ3v) is 12.1. The molecule has 0 radical (unpaired) electrons. The third-order valence-electron chi connectivity index (χ3n) is 11.2. The number of halogens is 1. The maximum atomic E-state index is 14.8. The molecule has 1 saturated heterocycles. The molecule has 1 fully saturated rings. The largest absolute Gasteiger partial charge is 0.481 e. The second-order valence-electron chi connectivity index (χ2n) is 16.8. The van der Waals surface area contributed by atoms with Crippen molar-refractivity contribution in [1.29, 1.82) is 0 Å². The van der Waals surface area contributed by atoms with Gasteiger partial charge in [-0.2, -0.15) is 0 Å². The monoisotopic (exact) mass is 830 g/mol. The summed E-state index contributed by atoms with van der Waals surface area (Å²) < 4.78 is 20.2. The van der Waals surface area contributed by atoms with E-state index in [1.807, 2.05) is 32.6 Å². The second-order valence-corrected chi connectivity index (χ2v) is 17.7. The highest BCUT2D eigenvalue weighted by Crippen LogP contribution is 2.35. The lowest BCUT2D eigenvalue weighted by Gasteiger charge is -2.39. The fourth-order valence-electron chi connectivity index (χ4n) is 7.46. The molecule has 3 amide bonds. The number of anilines is 2. The molecule has 58 heavy (non-hydrogen) atoms. The number of amides is 3. The van der Waals surface area contributed by atoms with Crippen LogP contribution >= 0.6 is 11.3 Å². The number of nitrogen functional groups attached to an aromatic ring is 1. The number of carboxylic acids is 1. The van der Waals surface area contributed by atoms with Gasteiger partial charge in [0, 0.05) is 37.2 Å². The molecule has 324 valence electrons. The summed E-state index contributed by atoms with van der Waals surface area (Å²) in [5, 5.41) is 21.1. The fourth-order valence-corrected chi connectivity index (χ4v) is 8.25. The molecule has 15 heteroatoms. The topological polar surface area (TPSA) is 193 Å². The van der Waals surface area contributed by atoms with Crippen molar-refractivity contribution in [3.63, 3.8) is 0 Å². The molecule has 1 aromatic heterocycles. The molecule has 1 aromatic carbocycles. The molecule has 1 aliphatic rings. The normalized spacial score (nSPS) is 17.1. The van der Waals surface area contributed by atoms with Crippen LogP contribution in [0.5, 0.6) is 0 Å². The van der Waals surface area contributed by atoms with E-state index < -0.39 is 53.1 Å². The Bertz CT molecular complexity index is 1680. The zero-order chi connectivity index (χ0) is 43.2. The zero-order valence-electron chi connectivity index (χ0n) is 35.7. The van der Waals surface area contributed by atoms with Gasteiger partial charge in [0.05, 0.1) is 17.3 Å². The highest BCUT2D eigenvalue weighted by molar-refractivity contribution is 7.10. The Kier molecular flexibility index (Phi) is 19.0. The number of hydrogen-bond donors (Lipinski definition) is 5. The van der Waals surface area contributed by atoms with Gasteiger partial charge in [0.25, 0.3) is 0 Å². The summed E-state index contributed by atoms with van der Waals surface area (Å²) in [6.45, 7) is 15.6. The number of thiazole rings is 1. The Balaban J connectivity index is 1.94. The van der Waals surface area contributed by atoms with Gasteiger partial charge in [-0.05, 0) is 88.4 Å². The van der Waals surface area contributed by atoms with Crippen molar-refractivity contribution in [2.45, 2.75) is 144 Å². The number of esters is 1. The van der Waals surface area contributed by atoms with Gasteiger partial charge in [0.2, 0.25) is 17.7 Å². The first-order chi connectivity index (χ1) is 27.4. The molecule has 0 spiro atoms. The lowest BCUT2D eigenvalue weighted by Crippen LogP contribution is -2.55. The van der Waals surface area contributed by atoms with E-state index in [0.29, 0.717) is 23.5 Å². The van der Waals surface area contributed by atoms with Crippen molar-refractivity contribution >= 4 is 52.5 Å². The van der Waals surface area contributed by atoms with Crippen LogP contribution in [0.2, 0.25) is 0 Å². The van der Waals surface area contributed by atoms with E-state index in [0.717, 1.165) is 51.5 Å². The lowest BCUT2D eigenvalue weighted by molar-refractivity contribution is -0.151. The summed E-state index contributed by atoms with van der Waals surface area (Å²) in [6.07, 6.45) is 6.29. The maximum absolute atomic E-state index is 14.8. The number of unbranched alkanes of at least 4 members (excludes halogenated alkanes) is 3. The van der Waals surface area contributed by atoms with Crippen LogP contribution in [0.3, 0.4) is 0 Å². The minimum absolute atomic E-state index is 0.0373. The number of piperidine rings is 1. The number of nitrogens with one attached hydrogen (secondary N) is 3. The first kappa shape index (κ1) is 48.3. The smallest absolute Gasteiger partial charge is 0.309 e. The van der Waals surface area contributed by atoms with Gasteiger partial charge in [-0.1, -0.05) is 66.4 Å². The van der Waals surface area contributed by atoms with E-state index in [2.05, 4.69) is 27.9 Å². The number of aromatic nitrogens is 1. The van der Waals surface area contributed by atoms with E-state index in [1.54, 1.807) is 11.4 Å². The van der Waals surface area contributed by atoms with Gasteiger partial charge in [0.1, 0.15) is 22.6 Å². The van der Waals surface area contributed by atoms with Gasteiger partial charge in [-0.25, -0.2) is 9.37 Å². The number of rotatable bonds is 23. The number of aliphatic carboxylic acids is 1. The number of nitrogens with two attached hydrogens (primary N) is 1. The Labute approximate surface area is 347 Å². The first-order valence-corrected chi connectivity index (χ1v) is 21.8. The molecule has 0 unspecified atom stereocenters. The number of benzene rings is 1. The van der Waals surface area contributed by atoms with Crippen molar-refractivity contribution < 1.29 is 38.2 Å². The maximum Gasteiger partial charge on any atom is 0.309 e. The van der Waals surface area contributed by atoms with E-state index in [1.165, 1.54) is 44.2 Å². The van der Waals surface area contributed by atoms with E-state index >= 15 is 0 Å². The highest BCUT2D eigenvalue weighted by Gasteiger charge is 2.40. The van der Waals surface area contributed by atoms with Crippen molar-refractivity contribution in [3.05, 3.63) is 40.0 Å². The lowest BCUT2D eigenvalue weighted by atomic mass is 9.80. The summed E-state index contributed by atoms with van der Waals surface area (Å²) in [5.74, 6) is -5.20. The number of ether oxygens (including phenoxy) is 1. The van der Waals surface area contributed by atoms with Gasteiger partial charge in [-0.3, -0.25) is 29.3 Å². The van der Waals surface area contributed by atoms with Crippen LogP contribution in [-0.4, -0.2) is 69.9 Å². The summed E-state index contributed by atoms with van der Waals surface area (Å²) in [6, 6.07) is 3.81. The summed E-state index contributed by atoms with van der Waals surface area (Å²) in [7, 11) is 0. The van der Waals surface area contributed by atoms with Gasteiger partial charge in [-0.15, -0.1) is 11.3 Å². The van der Waals surface area contributed by atoms with Crippen LogP contribution in [0, 0.1) is 34.9 Å². The highest BCUT2D eigenvalue weighted by atomic mass is 32.1. The minimum atomic E-state index is -1.27. The molecule has 1 aliphatic heterocycles. The van der Waals surface area contributed by atoms with Crippen molar-refractivity contribution in [2.75, 3.05) is 24.1 Å². The molecule has 13 nitrogen and oxygen atoms in total. The Morgan fingerprint density at radius 3 is 2.41 bits per heavy atom. The average Bonchev–Trinajstić information content (AvgIpc) is 3.63. The Morgan fingerprint density at radius 1 is 1.10 bits per heavy atom. The number of carbonyl (C=O) groups is 5. The van der Waals surface area contributed by atoms with Crippen LogP contribution in [0.25, 0.3) is 0 Å². The molecule has 6 N–H and O–H groups in total. The molecule has 2 aromatic rings. The van der Waals surface area contributed by atoms with Gasteiger partial charge >= 0.3 is 11.9 Å². The molecule has 0 aliphatic carbocycles. The van der Waals surface area contributed by atoms with E-state index in [9.17, 15) is 33.5 Å². The predicted octanol–water partition coefficient (Wildman–Crippen LogP) is 7.47. The van der Waals surface area contributed by atoms with Crippen molar-refractivity contribution in [1.82, 2.24) is 20.5 Å².